The van der Waals surface area contributed by atoms with Crippen LogP contribution in [0.3, 0.4) is 0 Å². The van der Waals surface area contributed by atoms with Crippen LogP contribution in [0.4, 0.5) is 37.8 Å². The maximum atomic E-state index is 13.8. The third-order valence-electron chi connectivity index (χ3n) is 5.23. The molecule has 0 spiro atoms. The van der Waals surface area contributed by atoms with Crippen molar-refractivity contribution in [2.24, 2.45) is 0 Å². The summed E-state index contributed by atoms with van der Waals surface area (Å²) in [5, 5.41) is 8.90. The lowest BCUT2D eigenvalue weighted by Crippen LogP contribution is -2.35. The molecule has 1 amide bonds. The molecule has 0 fully saturated rings. The van der Waals surface area contributed by atoms with Gasteiger partial charge in [-0.15, -0.1) is 0 Å². The van der Waals surface area contributed by atoms with Crippen molar-refractivity contribution in [1.29, 1.82) is 0 Å². The fraction of sp³-hybridized carbons (Fsp3) is 0.238. The summed E-state index contributed by atoms with van der Waals surface area (Å²) in [7, 11) is 0. The molecule has 2 aromatic carbocycles. The molecular weight excluding hydrogens is 509 g/mol. The molecule has 2 N–H and O–H groups in total. The van der Waals surface area contributed by atoms with Crippen molar-refractivity contribution in [3.05, 3.63) is 75.4 Å². The summed E-state index contributed by atoms with van der Waals surface area (Å²) in [6, 6.07) is 7.18. The summed E-state index contributed by atoms with van der Waals surface area (Å²) in [5.74, 6) is -1.22. The molecule has 1 aliphatic heterocycles. The van der Waals surface area contributed by atoms with Crippen LogP contribution in [0, 0.1) is 0 Å². The Bertz CT molecular complexity index is 1220. The number of nitrogens with one attached hydrogen (secondary N) is 2. The van der Waals surface area contributed by atoms with Gasteiger partial charge in [0.25, 0.3) is 5.91 Å². The third-order valence-corrected chi connectivity index (χ3v) is 5.72. The molecule has 0 radical (unpaired) electrons. The summed E-state index contributed by atoms with van der Waals surface area (Å²) in [6.07, 6.45) is -9.94. The van der Waals surface area contributed by atoms with E-state index < -0.39 is 53.7 Å². The Morgan fingerprint density at radius 1 is 1.00 bits per heavy atom. The van der Waals surface area contributed by atoms with E-state index in [4.69, 9.17) is 23.2 Å². The Hall–Kier alpha value is -2.92. The minimum absolute atomic E-state index is 0.106. The van der Waals surface area contributed by atoms with E-state index in [0.717, 1.165) is 18.2 Å². The number of rotatable bonds is 3. The van der Waals surface area contributed by atoms with Crippen molar-refractivity contribution in [2.45, 2.75) is 30.9 Å². The van der Waals surface area contributed by atoms with Gasteiger partial charge in [-0.25, -0.2) is 4.68 Å². The summed E-state index contributed by atoms with van der Waals surface area (Å²) in [4.78, 5) is 12.6. The van der Waals surface area contributed by atoms with Gasteiger partial charge in [0, 0.05) is 22.5 Å². The molecule has 0 bridgehead atoms. The molecule has 2 heterocycles. The van der Waals surface area contributed by atoms with Crippen LogP contribution in [0.1, 0.15) is 40.1 Å². The lowest BCUT2D eigenvalue weighted by atomic mass is 9.97. The fourth-order valence-electron chi connectivity index (χ4n) is 3.64. The third kappa shape index (κ3) is 4.95. The van der Waals surface area contributed by atoms with Crippen molar-refractivity contribution >= 4 is 40.6 Å². The lowest BCUT2D eigenvalue weighted by molar-refractivity contribution is -0.173. The second kappa shape index (κ2) is 8.70. The van der Waals surface area contributed by atoms with E-state index in [0.29, 0.717) is 21.3 Å². The van der Waals surface area contributed by atoms with E-state index >= 15 is 0 Å². The van der Waals surface area contributed by atoms with Gasteiger partial charge in [0.1, 0.15) is 5.82 Å². The molecule has 0 unspecified atom stereocenters. The number of carbonyl (C=O) groups is 1. The van der Waals surface area contributed by atoms with Crippen molar-refractivity contribution in [1.82, 2.24) is 9.78 Å². The van der Waals surface area contributed by atoms with E-state index in [1.54, 1.807) is 12.1 Å². The van der Waals surface area contributed by atoms with Crippen molar-refractivity contribution in [3.63, 3.8) is 0 Å². The maximum Gasteiger partial charge on any atom is 0.418 e. The number of anilines is 2. The van der Waals surface area contributed by atoms with E-state index in [1.165, 1.54) is 12.1 Å². The highest BCUT2D eigenvalue weighted by atomic mass is 35.5. The van der Waals surface area contributed by atoms with Crippen LogP contribution in [0.25, 0.3) is 0 Å². The van der Waals surface area contributed by atoms with Crippen LogP contribution in [-0.4, -0.2) is 21.9 Å². The van der Waals surface area contributed by atoms with Gasteiger partial charge in [-0.05, 0) is 35.9 Å². The standard InChI is InChI=1S/C21H14Cl2F6N4O/c22-11-3-1-10(2-4-11)15-8-17(21(27,28)29)33-18(30-15)9-16(32-33)19(34)31-14-6-5-12(23)7-13(14)20(24,25)26/h1-7,9,15,17,30H,8H2,(H,31,34)/t15-,17+/m1/s1. The van der Waals surface area contributed by atoms with E-state index in [1.807, 2.05) is 0 Å². The SMILES string of the molecule is O=C(Nc1ccc(Cl)cc1C(F)(F)F)c1cc2n(n1)[C@H](C(F)(F)F)C[C@H](c1ccc(Cl)cc1)N2. The van der Waals surface area contributed by atoms with Gasteiger partial charge >= 0.3 is 12.4 Å². The maximum absolute atomic E-state index is 13.8. The number of fused-ring (bicyclic) bond motifs is 1. The first kappa shape index (κ1) is 24.2. The second-order valence-electron chi connectivity index (χ2n) is 7.54. The number of hydrogen-bond donors (Lipinski definition) is 2. The summed E-state index contributed by atoms with van der Waals surface area (Å²) < 4.78 is 81.9. The molecule has 0 saturated carbocycles. The lowest BCUT2D eigenvalue weighted by Gasteiger charge is -2.33. The molecule has 2 atom stereocenters. The van der Waals surface area contributed by atoms with Crippen molar-refractivity contribution in [3.8, 4) is 0 Å². The van der Waals surface area contributed by atoms with Crippen LogP contribution in [-0.2, 0) is 6.18 Å². The van der Waals surface area contributed by atoms with Crippen molar-refractivity contribution < 1.29 is 31.1 Å². The smallest absolute Gasteiger partial charge is 0.363 e. The van der Waals surface area contributed by atoms with Gasteiger partial charge in [0.05, 0.1) is 17.3 Å². The minimum Gasteiger partial charge on any atom is -0.363 e. The highest BCUT2D eigenvalue weighted by molar-refractivity contribution is 6.31. The largest absolute Gasteiger partial charge is 0.418 e. The van der Waals surface area contributed by atoms with Gasteiger partial charge in [-0.2, -0.15) is 31.4 Å². The number of carbonyl (C=O) groups excluding carboxylic acids is 1. The Kier molecular flexibility index (Phi) is 6.19. The van der Waals surface area contributed by atoms with Crippen LogP contribution in [0.2, 0.25) is 10.0 Å². The number of alkyl halides is 6. The fourth-order valence-corrected chi connectivity index (χ4v) is 3.94. The Balaban J connectivity index is 1.66. The van der Waals surface area contributed by atoms with Crippen molar-refractivity contribution in [2.75, 3.05) is 10.6 Å². The van der Waals surface area contributed by atoms with Gasteiger partial charge in [0.2, 0.25) is 0 Å². The Labute approximate surface area is 198 Å². The molecule has 34 heavy (non-hydrogen) atoms. The average Bonchev–Trinajstić information content (AvgIpc) is 3.17. The monoisotopic (exact) mass is 522 g/mol. The first-order chi connectivity index (χ1) is 15.8. The highest BCUT2D eigenvalue weighted by Gasteiger charge is 2.47. The normalized spacial score (nSPS) is 18.2. The molecule has 180 valence electrons. The van der Waals surface area contributed by atoms with Gasteiger partial charge in [-0.1, -0.05) is 35.3 Å². The van der Waals surface area contributed by atoms with Gasteiger partial charge in [-0.3, -0.25) is 4.79 Å². The number of nitrogens with zero attached hydrogens (tertiary/aromatic N) is 2. The van der Waals surface area contributed by atoms with Gasteiger partial charge in [0.15, 0.2) is 11.7 Å². The molecule has 0 saturated heterocycles. The van der Waals surface area contributed by atoms with E-state index in [-0.39, 0.29) is 10.8 Å². The van der Waals surface area contributed by atoms with Crippen LogP contribution >= 0.6 is 23.2 Å². The summed E-state index contributed by atoms with van der Waals surface area (Å²) in [6.45, 7) is 0. The summed E-state index contributed by atoms with van der Waals surface area (Å²) >= 11 is 11.5. The Morgan fingerprint density at radius 3 is 2.26 bits per heavy atom. The molecule has 5 nitrogen and oxygen atoms in total. The highest BCUT2D eigenvalue weighted by Crippen LogP contribution is 2.44. The molecular formula is C21H14Cl2F6N4O. The van der Waals surface area contributed by atoms with Crippen LogP contribution < -0.4 is 10.6 Å². The van der Waals surface area contributed by atoms with Gasteiger partial charge < -0.3 is 10.6 Å². The molecule has 3 aromatic rings. The van der Waals surface area contributed by atoms with Crippen LogP contribution in [0.5, 0.6) is 0 Å². The Morgan fingerprint density at radius 2 is 1.65 bits per heavy atom. The van der Waals surface area contributed by atoms with E-state index in [9.17, 15) is 31.1 Å². The number of aromatic nitrogens is 2. The first-order valence-corrected chi connectivity index (χ1v) is 10.4. The van der Waals surface area contributed by atoms with Crippen LogP contribution in [0.15, 0.2) is 48.5 Å². The minimum atomic E-state index is -4.82. The second-order valence-corrected chi connectivity index (χ2v) is 8.42. The summed E-state index contributed by atoms with van der Waals surface area (Å²) in [5.41, 5.74) is -1.76. The average molecular weight is 523 g/mol. The number of halogens is 8. The van der Waals surface area contributed by atoms with E-state index in [2.05, 4.69) is 15.7 Å². The predicted molar refractivity (Wildman–Crippen MR) is 114 cm³/mol. The molecule has 1 aliphatic rings. The number of amides is 1. The first-order valence-electron chi connectivity index (χ1n) is 9.69. The molecule has 1 aromatic heterocycles. The molecule has 4 rings (SSSR count). The predicted octanol–water partition coefficient (Wildman–Crippen LogP) is 7.12. The number of benzene rings is 2. The quantitative estimate of drug-likeness (QED) is 0.360. The number of hydrogen-bond acceptors (Lipinski definition) is 3. The zero-order valence-electron chi connectivity index (χ0n) is 16.8. The molecule has 13 heteroatoms. The zero-order chi connectivity index (χ0) is 24.8. The zero-order valence-corrected chi connectivity index (χ0v) is 18.3. The topological polar surface area (TPSA) is 59.0 Å². The molecule has 0 aliphatic carbocycles.